The van der Waals surface area contributed by atoms with E-state index < -0.39 is 0 Å². The number of halogens is 2. The van der Waals surface area contributed by atoms with Crippen LogP contribution in [0.25, 0.3) is 0 Å². The highest BCUT2D eigenvalue weighted by Crippen LogP contribution is 2.29. The molecule has 2 aromatic rings. The van der Waals surface area contributed by atoms with Crippen molar-refractivity contribution in [3.8, 4) is 5.75 Å². The molecule has 0 spiro atoms. The summed E-state index contributed by atoms with van der Waals surface area (Å²) in [5.74, 6) is 0.909. The molecular weight excluding hydrogens is 336 g/mol. The van der Waals surface area contributed by atoms with Gasteiger partial charge in [0.25, 0.3) is 0 Å². The van der Waals surface area contributed by atoms with Gasteiger partial charge < -0.3 is 4.74 Å². The van der Waals surface area contributed by atoms with E-state index in [9.17, 15) is 0 Å². The van der Waals surface area contributed by atoms with E-state index in [4.69, 9.17) is 16.3 Å². The van der Waals surface area contributed by atoms with Crippen molar-refractivity contribution in [3.05, 3.63) is 64.7 Å². The third kappa shape index (κ3) is 4.53. The molecule has 0 radical (unpaired) electrons. The number of alkyl halides is 1. The lowest BCUT2D eigenvalue weighted by Gasteiger charge is -2.13. The molecule has 0 bridgehead atoms. The van der Waals surface area contributed by atoms with Crippen LogP contribution in [-0.2, 0) is 6.42 Å². The zero-order valence-electron chi connectivity index (χ0n) is 11.6. The standard InChI is InChI=1S/C17H18BrClO/c1-12(2)20-16-8-6-14(7-9-16)17(18)11-13-4-3-5-15(19)10-13/h3-10,12,17H,11H2,1-2H3. The van der Waals surface area contributed by atoms with E-state index in [0.29, 0.717) is 0 Å². The normalized spacial score (nSPS) is 12.4. The Kier molecular flexibility index (Phi) is 5.50. The van der Waals surface area contributed by atoms with Crippen LogP contribution in [0.15, 0.2) is 48.5 Å². The Morgan fingerprint density at radius 1 is 1.10 bits per heavy atom. The van der Waals surface area contributed by atoms with Gasteiger partial charge in [0.2, 0.25) is 0 Å². The first-order valence-electron chi connectivity index (χ1n) is 6.69. The first-order valence-corrected chi connectivity index (χ1v) is 7.99. The fourth-order valence-electron chi connectivity index (χ4n) is 2.02. The molecule has 20 heavy (non-hydrogen) atoms. The van der Waals surface area contributed by atoms with Gasteiger partial charge in [-0.25, -0.2) is 0 Å². The maximum Gasteiger partial charge on any atom is 0.119 e. The molecule has 3 heteroatoms. The fraction of sp³-hybridized carbons (Fsp3) is 0.294. The van der Waals surface area contributed by atoms with Crippen LogP contribution in [0.4, 0.5) is 0 Å². The summed E-state index contributed by atoms with van der Waals surface area (Å²) in [5, 5.41) is 0.780. The molecule has 0 aliphatic rings. The number of hydrogen-bond donors (Lipinski definition) is 0. The predicted molar refractivity (Wildman–Crippen MR) is 89.0 cm³/mol. The summed E-state index contributed by atoms with van der Waals surface area (Å²) in [5.41, 5.74) is 2.46. The molecule has 0 saturated heterocycles. The molecule has 1 unspecified atom stereocenters. The minimum absolute atomic E-state index is 0.201. The highest BCUT2D eigenvalue weighted by molar-refractivity contribution is 9.09. The first-order chi connectivity index (χ1) is 9.54. The van der Waals surface area contributed by atoms with Crippen molar-refractivity contribution in [1.29, 1.82) is 0 Å². The SMILES string of the molecule is CC(C)Oc1ccc(C(Br)Cc2cccc(Cl)c2)cc1. The van der Waals surface area contributed by atoms with Gasteiger partial charge in [-0.15, -0.1) is 0 Å². The van der Waals surface area contributed by atoms with Gasteiger partial charge in [-0.2, -0.15) is 0 Å². The molecule has 0 heterocycles. The minimum atomic E-state index is 0.201. The van der Waals surface area contributed by atoms with E-state index in [1.165, 1.54) is 11.1 Å². The molecule has 0 saturated carbocycles. The molecule has 2 rings (SSSR count). The molecule has 1 nitrogen and oxygen atoms in total. The van der Waals surface area contributed by atoms with Crippen LogP contribution in [0.5, 0.6) is 5.75 Å². The third-order valence-corrected chi connectivity index (χ3v) is 4.01. The number of benzene rings is 2. The topological polar surface area (TPSA) is 9.23 Å². The van der Waals surface area contributed by atoms with Crippen LogP contribution in [0, 0.1) is 0 Å². The Bertz CT molecular complexity index is 551. The van der Waals surface area contributed by atoms with Crippen molar-refractivity contribution < 1.29 is 4.74 Å². The number of hydrogen-bond acceptors (Lipinski definition) is 1. The van der Waals surface area contributed by atoms with Gasteiger partial charge in [-0.3, -0.25) is 0 Å². The molecule has 2 aromatic carbocycles. The van der Waals surface area contributed by atoms with Gasteiger partial charge in [-0.1, -0.05) is 51.8 Å². The van der Waals surface area contributed by atoms with Crippen LogP contribution >= 0.6 is 27.5 Å². The molecule has 106 valence electrons. The van der Waals surface area contributed by atoms with E-state index in [1.807, 2.05) is 44.2 Å². The maximum atomic E-state index is 6.01. The van der Waals surface area contributed by atoms with E-state index in [2.05, 4.69) is 34.1 Å². The number of ether oxygens (including phenoxy) is 1. The molecule has 0 aliphatic carbocycles. The molecule has 0 N–H and O–H groups in total. The van der Waals surface area contributed by atoms with Crippen molar-refractivity contribution in [3.63, 3.8) is 0 Å². The second-order valence-corrected chi connectivity index (χ2v) is 6.58. The minimum Gasteiger partial charge on any atom is -0.491 e. The van der Waals surface area contributed by atoms with Gasteiger partial charge in [0.15, 0.2) is 0 Å². The van der Waals surface area contributed by atoms with Crippen molar-refractivity contribution in [2.24, 2.45) is 0 Å². The van der Waals surface area contributed by atoms with Gasteiger partial charge in [0, 0.05) is 9.85 Å². The summed E-state index contributed by atoms with van der Waals surface area (Å²) >= 11 is 9.75. The monoisotopic (exact) mass is 352 g/mol. The highest BCUT2D eigenvalue weighted by Gasteiger charge is 2.09. The molecule has 0 aliphatic heterocycles. The Labute approximate surface area is 134 Å². The van der Waals surface area contributed by atoms with Crippen LogP contribution in [0.2, 0.25) is 5.02 Å². The number of rotatable bonds is 5. The lowest BCUT2D eigenvalue weighted by atomic mass is 10.0. The van der Waals surface area contributed by atoms with Gasteiger partial charge in [-0.05, 0) is 55.7 Å². The maximum absolute atomic E-state index is 6.01. The van der Waals surface area contributed by atoms with Crippen molar-refractivity contribution in [2.75, 3.05) is 0 Å². The van der Waals surface area contributed by atoms with Crippen LogP contribution in [-0.4, -0.2) is 6.10 Å². The van der Waals surface area contributed by atoms with Gasteiger partial charge in [0.1, 0.15) is 5.75 Å². The second-order valence-electron chi connectivity index (χ2n) is 5.04. The molecule has 0 aromatic heterocycles. The van der Waals surface area contributed by atoms with E-state index >= 15 is 0 Å². The molecule has 1 atom stereocenters. The average molecular weight is 354 g/mol. The summed E-state index contributed by atoms with van der Waals surface area (Å²) in [7, 11) is 0. The largest absolute Gasteiger partial charge is 0.491 e. The Morgan fingerprint density at radius 3 is 2.40 bits per heavy atom. The summed E-state index contributed by atoms with van der Waals surface area (Å²) in [6, 6.07) is 16.2. The molecule has 0 amide bonds. The Morgan fingerprint density at radius 2 is 1.80 bits per heavy atom. The zero-order valence-corrected chi connectivity index (χ0v) is 14.0. The van der Waals surface area contributed by atoms with Gasteiger partial charge in [0.05, 0.1) is 6.10 Å². The summed E-state index contributed by atoms with van der Waals surface area (Å²) in [4.78, 5) is 0.272. The summed E-state index contributed by atoms with van der Waals surface area (Å²) in [6.07, 6.45) is 1.11. The van der Waals surface area contributed by atoms with E-state index in [1.54, 1.807) is 0 Å². The van der Waals surface area contributed by atoms with Crippen molar-refractivity contribution in [1.82, 2.24) is 0 Å². The fourth-order valence-corrected chi connectivity index (χ4v) is 2.91. The van der Waals surface area contributed by atoms with Crippen LogP contribution in [0.1, 0.15) is 29.8 Å². The van der Waals surface area contributed by atoms with Crippen LogP contribution in [0.3, 0.4) is 0 Å². The summed E-state index contributed by atoms with van der Waals surface area (Å²) < 4.78 is 5.65. The lowest BCUT2D eigenvalue weighted by Crippen LogP contribution is -2.05. The van der Waals surface area contributed by atoms with E-state index in [0.717, 1.165) is 17.2 Å². The molecular formula is C17H18BrClO. The molecule has 0 fully saturated rings. The summed E-state index contributed by atoms with van der Waals surface area (Å²) in [6.45, 7) is 4.06. The smallest absolute Gasteiger partial charge is 0.119 e. The van der Waals surface area contributed by atoms with Gasteiger partial charge >= 0.3 is 0 Å². The highest BCUT2D eigenvalue weighted by atomic mass is 79.9. The Balaban J connectivity index is 2.03. The zero-order chi connectivity index (χ0) is 14.5. The van der Waals surface area contributed by atoms with Crippen molar-refractivity contribution >= 4 is 27.5 Å². The third-order valence-electron chi connectivity index (χ3n) is 2.92. The second kappa shape index (κ2) is 7.14. The quantitative estimate of drug-likeness (QED) is 0.617. The lowest BCUT2D eigenvalue weighted by molar-refractivity contribution is 0.242. The first kappa shape index (κ1) is 15.4. The van der Waals surface area contributed by atoms with Crippen LogP contribution < -0.4 is 4.74 Å². The van der Waals surface area contributed by atoms with E-state index in [-0.39, 0.29) is 10.9 Å². The predicted octanol–water partition coefficient (Wildman–Crippen LogP) is 5.81. The Hall–Kier alpha value is -0.990. The van der Waals surface area contributed by atoms with Crippen molar-refractivity contribution in [2.45, 2.75) is 31.2 Å². The average Bonchev–Trinajstić information content (AvgIpc) is 2.38.